The molecule has 110 valence electrons. The van der Waals surface area contributed by atoms with Gasteiger partial charge in [0.05, 0.1) is 6.61 Å². The van der Waals surface area contributed by atoms with Gasteiger partial charge in [-0.05, 0) is 17.5 Å². The first-order valence-corrected chi connectivity index (χ1v) is 6.40. The van der Waals surface area contributed by atoms with Crippen molar-refractivity contribution in [2.24, 2.45) is 0 Å². The van der Waals surface area contributed by atoms with Crippen LogP contribution in [0, 0.1) is 0 Å². The van der Waals surface area contributed by atoms with Crippen LogP contribution in [0.2, 0.25) is 0 Å². The summed E-state index contributed by atoms with van der Waals surface area (Å²) < 4.78 is 4.73. The first kappa shape index (κ1) is 16.0. The molecule has 0 bridgehead atoms. The number of nitrogens with one attached hydrogen (secondary N) is 2. The number of carbonyl (C=O) groups is 2. The van der Waals surface area contributed by atoms with Crippen molar-refractivity contribution in [3.05, 3.63) is 35.4 Å². The average molecular weight is 280 g/mol. The highest BCUT2D eigenvalue weighted by Crippen LogP contribution is 2.04. The summed E-state index contributed by atoms with van der Waals surface area (Å²) in [7, 11) is 1.38. The van der Waals surface area contributed by atoms with E-state index < -0.39 is 18.0 Å². The molecule has 20 heavy (non-hydrogen) atoms. The van der Waals surface area contributed by atoms with Gasteiger partial charge >= 0.3 is 12.0 Å². The number of rotatable bonds is 7. The van der Waals surface area contributed by atoms with Gasteiger partial charge in [0.2, 0.25) is 0 Å². The van der Waals surface area contributed by atoms with E-state index >= 15 is 0 Å². The molecule has 0 aliphatic carbocycles. The average Bonchev–Trinajstić information content (AvgIpc) is 2.45. The lowest BCUT2D eigenvalue weighted by Crippen LogP contribution is -2.48. The van der Waals surface area contributed by atoms with Crippen LogP contribution in [0.4, 0.5) is 4.79 Å². The topological polar surface area (TPSA) is 87.7 Å². The van der Waals surface area contributed by atoms with Gasteiger partial charge in [-0.2, -0.15) is 0 Å². The van der Waals surface area contributed by atoms with Crippen molar-refractivity contribution in [3.63, 3.8) is 0 Å². The number of amides is 2. The number of benzene rings is 1. The minimum absolute atomic E-state index is 0.0754. The van der Waals surface area contributed by atoms with Gasteiger partial charge in [0, 0.05) is 13.7 Å². The lowest BCUT2D eigenvalue weighted by Gasteiger charge is -2.14. The molecule has 6 heteroatoms. The van der Waals surface area contributed by atoms with Crippen molar-refractivity contribution in [1.29, 1.82) is 0 Å². The van der Waals surface area contributed by atoms with E-state index in [1.807, 2.05) is 24.3 Å². The molecule has 0 saturated carbocycles. The normalized spacial score (nSPS) is 11.7. The lowest BCUT2D eigenvalue weighted by molar-refractivity contribution is -0.140. The van der Waals surface area contributed by atoms with Crippen LogP contribution < -0.4 is 10.6 Å². The molecule has 0 radical (unpaired) electrons. The van der Waals surface area contributed by atoms with E-state index in [0.717, 1.165) is 12.0 Å². The lowest BCUT2D eigenvalue weighted by atomic mass is 10.1. The zero-order valence-electron chi connectivity index (χ0n) is 11.7. The molecule has 1 unspecified atom stereocenters. The van der Waals surface area contributed by atoms with Crippen molar-refractivity contribution in [2.45, 2.75) is 25.9 Å². The van der Waals surface area contributed by atoms with E-state index in [1.165, 1.54) is 12.7 Å². The zero-order valence-corrected chi connectivity index (χ0v) is 11.7. The van der Waals surface area contributed by atoms with Crippen molar-refractivity contribution in [1.82, 2.24) is 10.6 Å². The van der Waals surface area contributed by atoms with Gasteiger partial charge in [-0.1, -0.05) is 31.2 Å². The number of urea groups is 1. The minimum Gasteiger partial charge on any atom is -0.480 e. The van der Waals surface area contributed by atoms with E-state index in [-0.39, 0.29) is 6.61 Å². The Bertz CT molecular complexity index is 445. The van der Waals surface area contributed by atoms with E-state index in [1.54, 1.807) is 0 Å². The van der Waals surface area contributed by atoms with Gasteiger partial charge in [-0.15, -0.1) is 0 Å². The third-order valence-corrected chi connectivity index (χ3v) is 2.82. The Morgan fingerprint density at radius 2 is 1.85 bits per heavy atom. The summed E-state index contributed by atoms with van der Waals surface area (Å²) in [5.74, 6) is -1.13. The number of ether oxygens (including phenoxy) is 1. The second-order valence-electron chi connectivity index (χ2n) is 4.34. The first-order chi connectivity index (χ1) is 9.56. The molecule has 6 nitrogen and oxygen atoms in total. The largest absolute Gasteiger partial charge is 0.480 e. The smallest absolute Gasteiger partial charge is 0.328 e. The summed E-state index contributed by atoms with van der Waals surface area (Å²) in [5.41, 5.74) is 2.18. The van der Waals surface area contributed by atoms with Gasteiger partial charge in [-0.25, -0.2) is 9.59 Å². The number of carbonyl (C=O) groups excluding carboxylic acids is 1. The van der Waals surface area contributed by atoms with Crippen LogP contribution in [0.3, 0.4) is 0 Å². The molecule has 0 aromatic heterocycles. The van der Waals surface area contributed by atoms with Crippen LogP contribution in [0.25, 0.3) is 0 Å². The Hall–Kier alpha value is -2.08. The number of aryl methyl sites for hydroxylation is 1. The van der Waals surface area contributed by atoms with Crippen LogP contribution in [0.5, 0.6) is 0 Å². The van der Waals surface area contributed by atoms with E-state index in [0.29, 0.717) is 6.54 Å². The molecule has 0 fully saturated rings. The summed E-state index contributed by atoms with van der Waals surface area (Å²) in [6.45, 7) is 2.34. The summed E-state index contributed by atoms with van der Waals surface area (Å²) in [6.07, 6.45) is 0.964. The van der Waals surface area contributed by atoms with E-state index in [9.17, 15) is 9.59 Å². The summed E-state index contributed by atoms with van der Waals surface area (Å²) >= 11 is 0. The van der Waals surface area contributed by atoms with Gasteiger partial charge in [-0.3, -0.25) is 0 Å². The Labute approximate surface area is 118 Å². The Morgan fingerprint density at radius 3 is 2.35 bits per heavy atom. The predicted octanol–water partition coefficient (Wildman–Crippen LogP) is 1.15. The minimum atomic E-state index is -1.13. The molecule has 1 rings (SSSR count). The SMILES string of the molecule is CCc1ccc(CNC(=O)NC(COC)C(=O)O)cc1. The first-order valence-electron chi connectivity index (χ1n) is 6.40. The molecule has 1 aromatic rings. The standard InChI is InChI=1S/C14H20N2O4/c1-3-10-4-6-11(7-5-10)8-15-14(19)16-12(9-20-2)13(17)18/h4-7,12H,3,8-9H2,1-2H3,(H,17,18)(H2,15,16,19). The molecule has 1 atom stereocenters. The maximum absolute atomic E-state index is 11.6. The van der Waals surface area contributed by atoms with E-state index in [2.05, 4.69) is 17.6 Å². The molecule has 3 N–H and O–H groups in total. The summed E-state index contributed by atoms with van der Waals surface area (Å²) in [4.78, 5) is 22.4. The van der Waals surface area contributed by atoms with Gasteiger partial charge in [0.15, 0.2) is 6.04 Å². The number of hydrogen-bond acceptors (Lipinski definition) is 3. The van der Waals surface area contributed by atoms with Crippen LogP contribution in [-0.2, 0) is 22.5 Å². The maximum atomic E-state index is 11.6. The highest BCUT2D eigenvalue weighted by molar-refractivity contribution is 5.82. The summed E-state index contributed by atoms with van der Waals surface area (Å²) in [5, 5.41) is 13.8. The monoisotopic (exact) mass is 280 g/mol. The van der Waals surface area contributed by atoms with Crippen molar-refractivity contribution >= 4 is 12.0 Å². The fraction of sp³-hybridized carbons (Fsp3) is 0.429. The summed E-state index contributed by atoms with van der Waals surface area (Å²) in [6, 6.07) is 6.28. The number of carboxylic acid groups (broad SMARTS) is 1. The van der Waals surface area contributed by atoms with Crippen LogP contribution in [-0.4, -0.2) is 36.9 Å². The van der Waals surface area contributed by atoms with Crippen LogP contribution in [0.1, 0.15) is 18.1 Å². The predicted molar refractivity (Wildman–Crippen MR) is 74.5 cm³/mol. The van der Waals surface area contributed by atoms with Crippen molar-refractivity contribution < 1.29 is 19.4 Å². The highest BCUT2D eigenvalue weighted by atomic mass is 16.5. The van der Waals surface area contributed by atoms with Crippen molar-refractivity contribution in [3.8, 4) is 0 Å². The molecule has 0 heterocycles. The van der Waals surface area contributed by atoms with Gasteiger partial charge < -0.3 is 20.5 Å². The van der Waals surface area contributed by atoms with Gasteiger partial charge in [0.1, 0.15) is 0 Å². The third kappa shape index (κ3) is 5.27. The third-order valence-electron chi connectivity index (χ3n) is 2.82. The fourth-order valence-electron chi connectivity index (χ4n) is 1.63. The zero-order chi connectivity index (χ0) is 15.0. The fourth-order valence-corrected chi connectivity index (χ4v) is 1.63. The number of hydrogen-bond donors (Lipinski definition) is 3. The maximum Gasteiger partial charge on any atom is 0.328 e. The highest BCUT2D eigenvalue weighted by Gasteiger charge is 2.19. The number of aliphatic carboxylic acids is 1. The quantitative estimate of drug-likeness (QED) is 0.699. The Kier molecular flexibility index (Phi) is 6.52. The molecule has 2 amide bonds. The molecule has 0 aliphatic heterocycles. The van der Waals surface area contributed by atoms with Crippen molar-refractivity contribution in [2.75, 3.05) is 13.7 Å². The number of carboxylic acids is 1. The second kappa shape index (κ2) is 8.16. The molecule has 1 aromatic carbocycles. The molecular formula is C14H20N2O4. The second-order valence-corrected chi connectivity index (χ2v) is 4.34. The number of methoxy groups -OCH3 is 1. The van der Waals surface area contributed by atoms with Crippen LogP contribution in [0.15, 0.2) is 24.3 Å². The van der Waals surface area contributed by atoms with Gasteiger partial charge in [0.25, 0.3) is 0 Å². The van der Waals surface area contributed by atoms with Crippen LogP contribution >= 0.6 is 0 Å². The molecule has 0 spiro atoms. The van der Waals surface area contributed by atoms with E-state index in [4.69, 9.17) is 9.84 Å². The Morgan fingerprint density at radius 1 is 1.25 bits per heavy atom. The molecule has 0 saturated heterocycles. The molecular weight excluding hydrogens is 260 g/mol. The Balaban J connectivity index is 2.43. The molecule has 0 aliphatic rings.